The van der Waals surface area contributed by atoms with Gasteiger partial charge in [0.2, 0.25) is 0 Å². The highest BCUT2D eigenvalue weighted by atomic mass is 28.1. The predicted molar refractivity (Wildman–Crippen MR) is 210 cm³/mol. The fraction of sp³-hybridized carbons (Fsp3) is 0.405. The van der Waals surface area contributed by atoms with Gasteiger partial charge in [0.15, 0.2) is 11.5 Å². The minimum absolute atomic E-state index is 0.0823. The highest BCUT2D eigenvalue weighted by molar-refractivity contribution is 6.12. The van der Waals surface area contributed by atoms with E-state index in [-0.39, 0.29) is 18.6 Å². The Morgan fingerprint density at radius 3 is 2.47 bits per heavy atom. The summed E-state index contributed by atoms with van der Waals surface area (Å²) in [4.78, 5) is 2.24. The summed E-state index contributed by atoms with van der Waals surface area (Å²) in [6, 6.07) is 26.1. The van der Waals surface area contributed by atoms with Crippen molar-refractivity contribution in [1.29, 1.82) is 5.26 Å². The first-order valence-electron chi connectivity index (χ1n) is 18.4. The number of aryl methyl sites for hydroxylation is 1. The van der Waals surface area contributed by atoms with Gasteiger partial charge in [-0.15, -0.1) is 0 Å². The lowest BCUT2D eigenvalue weighted by Crippen LogP contribution is -2.36. The van der Waals surface area contributed by atoms with Gasteiger partial charge in [-0.2, -0.15) is 5.26 Å². The van der Waals surface area contributed by atoms with E-state index >= 15 is 0 Å². The summed E-state index contributed by atoms with van der Waals surface area (Å²) in [5.74, 6) is 3.00. The number of aliphatic hydroxyl groups excluding tert-OH is 3. The van der Waals surface area contributed by atoms with Crippen molar-refractivity contribution in [1.82, 2.24) is 10.2 Å². The number of rotatable bonds is 19. The molecular formula is C42H53N3O7Si. The highest BCUT2D eigenvalue weighted by Gasteiger charge is 2.22. The van der Waals surface area contributed by atoms with Gasteiger partial charge in [0.1, 0.15) is 37.9 Å². The molecule has 5 rings (SSSR count). The van der Waals surface area contributed by atoms with Crippen molar-refractivity contribution >= 4 is 10.2 Å². The van der Waals surface area contributed by atoms with Crippen LogP contribution in [0.1, 0.15) is 46.2 Å². The summed E-state index contributed by atoms with van der Waals surface area (Å²) < 4.78 is 24.5. The van der Waals surface area contributed by atoms with Gasteiger partial charge >= 0.3 is 0 Å². The van der Waals surface area contributed by atoms with E-state index in [0.717, 1.165) is 81.5 Å². The monoisotopic (exact) mass is 739 g/mol. The fourth-order valence-corrected chi connectivity index (χ4v) is 7.05. The number of hydrogen-bond acceptors (Lipinski definition) is 10. The van der Waals surface area contributed by atoms with E-state index in [1.54, 1.807) is 6.07 Å². The van der Waals surface area contributed by atoms with Gasteiger partial charge in [-0.05, 0) is 116 Å². The van der Waals surface area contributed by atoms with Gasteiger partial charge in [0.25, 0.3) is 0 Å². The molecule has 4 N–H and O–H groups in total. The molecule has 0 amide bonds. The van der Waals surface area contributed by atoms with Crippen molar-refractivity contribution in [3.05, 3.63) is 106 Å². The molecule has 0 aliphatic carbocycles. The Morgan fingerprint density at radius 1 is 0.906 bits per heavy atom. The normalized spacial score (nSPS) is 14.1. The first-order valence-corrected chi connectivity index (χ1v) is 19.5. The maximum atomic E-state index is 10.4. The summed E-state index contributed by atoms with van der Waals surface area (Å²) in [7, 11) is 2.72. The van der Waals surface area contributed by atoms with E-state index in [2.05, 4.69) is 60.6 Å². The van der Waals surface area contributed by atoms with Gasteiger partial charge < -0.3 is 44.5 Å². The molecule has 1 aliphatic heterocycles. The number of fused-ring (bicyclic) bond motifs is 1. The second kappa shape index (κ2) is 19.6. The van der Waals surface area contributed by atoms with Crippen molar-refractivity contribution in [3.63, 3.8) is 0 Å². The van der Waals surface area contributed by atoms with Gasteiger partial charge in [-0.3, -0.25) is 0 Å². The van der Waals surface area contributed by atoms with E-state index in [9.17, 15) is 15.5 Å². The Bertz CT molecular complexity index is 1850. The third-order valence-corrected chi connectivity index (χ3v) is 11.4. The second-order valence-corrected chi connectivity index (χ2v) is 15.2. The van der Waals surface area contributed by atoms with Crippen LogP contribution in [0.4, 0.5) is 0 Å². The standard InChI is InChI=1S/C42H53N3O7Si/c1-28-19-34(25-45(3)15-6-14-44-24-37(48)42(53)36(47)13-16-46)40(51-26-31-8-4-7-30(20-31)23-43)22-39(28)52-27-33-9-5-10-35(29(33)2)32-11-12-38-41(21-32)50-18-17-49-38/h4-5,7-12,19-22,36-37,42,44,46-48H,6,13-18,24-27H2,1-3,53H3/t36-,37+,42?/m1/s1. The zero-order valence-corrected chi connectivity index (χ0v) is 33.3. The molecule has 1 aliphatic rings. The van der Waals surface area contributed by atoms with E-state index in [4.69, 9.17) is 24.1 Å². The first kappa shape index (κ1) is 39.8. The largest absolute Gasteiger partial charge is 0.488 e. The van der Waals surface area contributed by atoms with E-state index < -0.39 is 12.2 Å². The number of ether oxygens (including phenoxy) is 4. The van der Waals surface area contributed by atoms with Crippen molar-refractivity contribution in [2.75, 3.05) is 46.5 Å². The molecule has 1 heterocycles. The minimum Gasteiger partial charge on any atom is -0.488 e. The molecule has 0 saturated heterocycles. The van der Waals surface area contributed by atoms with E-state index in [0.29, 0.717) is 55.3 Å². The van der Waals surface area contributed by atoms with Crippen LogP contribution >= 0.6 is 0 Å². The van der Waals surface area contributed by atoms with E-state index in [1.165, 1.54) is 0 Å². The van der Waals surface area contributed by atoms with Crippen molar-refractivity contribution in [3.8, 4) is 40.2 Å². The molecule has 0 saturated carbocycles. The third kappa shape index (κ3) is 11.1. The van der Waals surface area contributed by atoms with Crippen LogP contribution in [-0.4, -0.2) is 89.2 Å². The topological polar surface area (TPSA) is 137 Å². The van der Waals surface area contributed by atoms with Crippen LogP contribution in [0, 0.1) is 25.2 Å². The van der Waals surface area contributed by atoms with Crippen LogP contribution in [0.3, 0.4) is 0 Å². The number of nitriles is 1. The Labute approximate surface area is 316 Å². The molecule has 0 aromatic heterocycles. The van der Waals surface area contributed by atoms with Crippen LogP contribution in [0.25, 0.3) is 11.1 Å². The lowest BCUT2D eigenvalue weighted by molar-refractivity contribution is 0.0653. The van der Waals surface area contributed by atoms with Crippen molar-refractivity contribution in [2.45, 2.75) is 64.2 Å². The van der Waals surface area contributed by atoms with Gasteiger partial charge in [-0.1, -0.05) is 36.4 Å². The molecule has 1 unspecified atom stereocenters. The molecule has 3 atom stereocenters. The number of hydrogen-bond donors (Lipinski definition) is 4. The minimum atomic E-state index is -0.672. The lowest BCUT2D eigenvalue weighted by atomic mass is 9.96. The second-order valence-electron chi connectivity index (χ2n) is 13.9. The van der Waals surface area contributed by atoms with Gasteiger partial charge in [0, 0.05) is 41.6 Å². The summed E-state index contributed by atoms with van der Waals surface area (Å²) >= 11 is 0. The molecule has 11 heteroatoms. The van der Waals surface area contributed by atoms with Crippen LogP contribution in [0.15, 0.2) is 72.8 Å². The van der Waals surface area contributed by atoms with Crippen LogP contribution in [-0.2, 0) is 19.8 Å². The number of nitrogens with one attached hydrogen (secondary N) is 1. The first-order chi connectivity index (χ1) is 25.7. The Hall–Kier alpha value is -4.41. The molecule has 0 bridgehead atoms. The molecule has 0 radical (unpaired) electrons. The Balaban J connectivity index is 1.25. The highest BCUT2D eigenvalue weighted by Crippen LogP contribution is 2.37. The fourth-order valence-electron chi connectivity index (χ4n) is 6.48. The number of nitrogens with zero attached hydrogens (tertiary/aromatic N) is 2. The summed E-state index contributed by atoms with van der Waals surface area (Å²) in [6.45, 7) is 8.50. The zero-order chi connectivity index (χ0) is 37.7. The molecular weight excluding hydrogens is 687 g/mol. The average molecular weight is 740 g/mol. The summed E-state index contributed by atoms with van der Waals surface area (Å²) in [5.41, 5.74) is 7.74. The molecule has 10 nitrogen and oxygen atoms in total. The number of benzene rings is 4. The van der Waals surface area contributed by atoms with Crippen molar-refractivity contribution in [2.24, 2.45) is 0 Å². The molecule has 4 aromatic carbocycles. The smallest absolute Gasteiger partial charge is 0.161 e. The molecule has 4 aromatic rings. The predicted octanol–water partition coefficient (Wildman–Crippen LogP) is 4.44. The van der Waals surface area contributed by atoms with Crippen LogP contribution < -0.4 is 24.3 Å². The quantitative estimate of drug-likeness (QED) is 0.0808. The van der Waals surface area contributed by atoms with Crippen LogP contribution in [0.2, 0.25) is 5.54 Å². The molecule has 282 valence electrons. The maximum absolute atomic E-state index is 10.4. The molecule has 0 fully saturated rings. The summed E-state index contributed by atoms with van der Waals surface area (Å²) in [6.07, 6.45) is -0.146. The Morgan fingerprint density at radius 2 is 1.68 bits per heavy atom. The van der Waals surface area contributed by atoms with Crippen LogP contribution in [0.5, 0.6) is 23.0 Å². The lowest BCUT2D eigenvalue weighted by Gasteiger charge is -2.24. The zero-order valence-electron chi connectivity index (χ0n) is 31.3. The molecule has 0 spiro atoms. The van der Waals surface area contributed by atoms with E-state index in [1.807, 2.05) is 43.3 Å². The van der Waals surface area contributed by atoms with Crippen molar-refractivity contribution < 1.29 is 34.3 Å². The third-order valence-electron chi connectivity index (χ3n) is 9.82. The Kier molecular flexibility index (Phi) is 14.7. The average Bonchev–Trinajstić information content (AvgIpc) is 3.17. The van der Waals surface area contributed by atoms with Gasteiger partial charge in [0.05, 0.1) is 23.8 Å². The maximum Gasteiger partial charge on any atom is 0.161 e. The number of aliphatic hydroxyl groups is 3. The van der Waals surface area contributed by atoms with Gasteiger partial charge in [-0.25, -0.2) is 0 Å². The summed E-state index contributed by atoms with van der Waals surface area (Å²) in [5, 5.41) is 42.3. The SMILES string of the molecule is Cc1cc(CN(C)CCCNC[C@H](O)C([SiH3])[C@H](O)CCO)c(OCc2cccc(C#N)c2)cc1OCc1cccc(-c2ccc3c(c2)OCCO3)c1C. The molecule has 53 heavy (non-hydrogen) atoms.